The lowest BCUT2D eigenvalue weighted by Crippen LogP contribution is -2.39. The Hall–Kier alpha value is -2.97. The van der Waals surface area contributed by atoms with E-state index in [9.17, 15) is 9.59 Å². The van der Waals surface area contributed by atoms with E-state index in [1.165, 1.54) is 11.3 Å². The zero-order chi connectivity index (χ0) is 22.8. The molecule has 1 aliphatic heterocycles. The molecule has 0 bridgehead atoms. The molecular formula is C24H21BrN2O4S. The van der Waals surface area contributed by atoms with Gasteiger partial charge in [0.25, 0.3) is 5.56 Å². The minimum atomic E-state index is -0.613. The van der Waals surface area contributed by atoms with Crippen molar-refractivity contribution >= 4 is 39.3 Å². The average molecular weight is 513 g/mol. The Morgan fingerprint density at radius 3 is 2.69 bits per heavy atom. The van der Waals surface area contributed by atoms with Gasteiger partial charge in [-0.05, 0) is 43.7 Å². The van der Waals surface area contributed by atoms with E-state index >= 15 is 0 Å². The minimum Gasteiger partial charge on any atom is -0.496 e. The van der Waals surface area contributed by atoms with Crippen molar-refractivity contribution in [2.45, 2.75) is 19.9 Å². The molecule has 0 fully saturated rings. The van der Waals surface area contributed by atoms with Crippen LogP contribution in [0, 0.1) is 0 Å². The van der Waals surface area contributed by atoms with Crippen LogP contribution in [0.5, 0.6) is 5.75 Å². The van der Waals surface area contributed by atoms with E-state index in [1.807, 2.05) is 48.5 Å². The molecule has 0 saturated heterocycles. The van der Waals surface area contributed by atoms with Crippen LogP contribution in [0.4, 0.5) is 0 Å². The highest BCUT2D eigenvalue weighted by Crippen LogP contribution is 2.30. The molecule has 6 nitrogen and oxygen atoms in total. The number of esters is 1. The average Bonchev–Trinajstić information content (AvgIpc) is 3.08. The van der Waals surface area contributed by atoms with Crippen molar-refractivity contribution in [2.75, 3.05) is 13.7 Å². The van der Waals surface area contributed by atoms with E-state index in [2.05, 4.69) is 20.9 Å². The number of aromatic nitrogens is 1. The summed E-state index contributed by atoms with van der Waals surface area (Å²) < 4.78 is 13.7. The fourth-order valence-corrected chi connectivity index (χ4v) is 5.12. The Morgan fingerprint density at radius 1 is 1.25 bits per heavy atom. The molecule has 0 radical (unpaired) electrons. The highest BCUT2D eigenvalue weighted by atomic mass is 79.9. The molecule has 8 heteroatoms. The molecule has 0 amide bonds. The zero-order valence-electron chi connectivity index (χ0n) is 17.8. The molecule has 0 aliphatic carbocycles. The lowest BCUT2D eigenvalue weighted by Gasteiger charge is -2.24. The molecule has 4 rings (SSSR count). The number of fused-ring (bicyclic) bond motifs is 1. The molecule has 0 saturated carbocycles. The first-order chi connectivity index (χ1) is 15.4. The largest absolute Gasteiger partial charge is 0.496 e. The summed E-state index contributed by atoms with van der Waals surface area (Å²) >= 11 is 4.75. The van der Waals surface area contributed by atoms with Gasteiger partial charge in [-0.1, -0.05) is 57.6 Å². The molecule has 0 N–H and O–H groups in total. The second-order valence-electron chi connectivity index (χ2n) is 7.10. The van der Waals surface area contributed by atoms with Gasteiger partial charge in [-0.25, -0.2) is 9.79 Å². The number of methoxy groups -OCH3 is 1. The van der Waals surface area contributed by atoms with Gasteiger partial charge < -0.3 is 9.47 Å². The van der Waals surface area contributed by atoms with Gasteiger partial charge in [0.2, 0.25) is 0 Å². The zero-order valence-corrected chi connectivity index (χ0v) is 20.2. The summed E-state index contributed by atoms with van der Waals surface area (Å²) in [5.74, 6) is 0.188. The highest BCUT2D eigenvalue weighted by Gasteiger charge is 2.33. The van der Waals surface area contributed by atoms with Crippen LogP contribution in [-0.2, 0) is 9.53 Å². The van der Waals surface area contributed by atoms with Crippen LogP contribution in [0.2, 0.25) is 0 Å². The monoisotopic (exact) mass is 512 g/mol. The number of hydrogen-bond donors (Lipinski definition) is 0. The van der Waals surface area contributed by atoms with Gasteiger partial charge >= 0.3 is 5.97 Å². The SMILES string of the molecule is CCOC(=O)C1=C(C)N=c2s/c(=C\c3cc(Br)ccc3OC)c(=O)n2C1c1ccccc1. The number of carbonyl (C=O) groups excluding carboxylic acids is 1. The highest BCUT2D eigenvalue weighted by molar-refractivity contribution is 9.10. The molecule has 1 atom stereocenters. The number of hydrogen-bond acceptors (Lipinski definition) is 6. The number of ether oxygens (including phenoxy) is 2. The van der Waals surface area contributed by atoms with Crippen molar-refractivity contribution in [2.24, 2.45) is 4.99 Å². The summed E-state index contributed by atoms with van der Waals surface area (Å²) in [6.07, 6.45) is 1.79. The Balaban J connectivity index is 1.97. The molecule has 2 heterocycles. The van der Waals surface area contributed by atoms with Crippen LogP contribution >= 0.6 is 27.3 Å². The Labute approximate surface area is 197 Å². The Bertz CT molecular complexity index is 1390. The van der Waals surface area contributed by atoms with Crippen molar-refractivity contribution in [3.63, 3.8) is 0 Å². The number of rotatable bonds is 5. The molecule has 2 aromatic carbocycles. The van der Waals surface area contributed by atoms with E-state index < -0.39 is 12.0 Å². The summed E-state index contributed by atoms with van der Waals surface area (Å²) in [5.41, 5.74) is 2.28. The molecule has 0 spiro atoms. The molecule has 164 valence electrons. The predicted molar refractivity (Wildman–Crippen MR) is 128 cm³/mol. The fourth-order valence-electron chi connectivity index (χ4n) is 3.70. The number of thiazole rings is 1. The maximum Gasteiger partial charge on any atom is 0.338 e. The van der Waals surface area contributed by atoms with Crippen LogP contribution in [0.3, 0.4) is 0 Å². The van der Waals surface area contributed by atoms with Crippen molar-refractivity contribution < 1.29 is 14.3 Å². The van der Waals surface area contributed by atoms with E-state index in [0.717, 1.165) is 15.6 Å². The molecular weight excluding hydrogens is 492 g/mol. The van der Waals surface area contributed by atoms with Gasteiger partial charge in [0.15, 0.2) is 4.80 Å². The third-order valence-corrected chi connectivity index (χ3v) is 6.59. The van der Waals surface area contributed by atoms with Crippen molar-refractivity contribution in [1.82, 2.24) is 4.57 Å². The first-order valence-corrected chi connectivity index (χ1v) is 11.6. The third-order valence-electron chi connectivity index (χ3n) is 5.11. The quantitative estimate of drug-likeness (QED) is 0.490. The third kappa shape index (κ3) is 4.08. The smallest absolute Gasteiger partial charge is 0.338 e. The van der Waals surface area contributed by atoms with Crippen LogP contribution in [-0.4, -0.2) is 24.3 Å². The Morgan fingerprint density at radius 2 is 2.00 bits per heavy atom. The summed E-state index contributed by atoms with van der Waals surface area (Å²) in [5, 5.41) is 0. The first kappa shape index (κ1) is 22.2. The number of halogens is 1. The van der Waals surface area contributed by atoms with Crippen LogP contribution in [0.1, 0.15) is 31.0 Å². The Kier molecular flexibility index (Phi) is 6.43. The summed E-state index contributed by atoms with van der Waals surface area (Å²) in [7, 11) is 1.59. The lowest BCUT2D eigenvalue weighted by atomic mass is 9.96. The molecule has 32 heavy (non-hydrogen) atoms. The van der Waals surface area contributed by atoms with Gasteiger partial charge in [0.05, 0.1) is 35.6 Å². The van der Waals surface area contributed by atoms with Gasteiger partial charge in [0.1, 0.15) is 5.75 Å². The van der Waals surface area contributed by atoms with Crippen LogP contribution < -0.4 is 19.6 Å². The minimum absolute atomic E-state index is 0.223. The van der Waals surface area contributed by atoms with E-state index in [4.69, 9.17) is 9.47 Å². The fraction of sp³-hybridized carbons (Fsp3) is 0.208. The maximum absolute atomic E-state index is 13.6. The van der Waals surface area contributed by atoms with Crippen LogP contribution in [0.15, 0.2) is 74.1 Å². The molecule has 1 aromatic heterocycles. The maximum atomic E-state index is 13.6. The normalized spacial score (nSPS) is 15.9. The van der Waals surface area contributed by atoms with E-state index in [1.54, 1.807) is 31.6 Å². The first-order valence-electron chi connectivity index (χ1n) is 10.0. The van der Waals surface area contributed by atoms with Gasteiger partial charge in [-0.2, -0.15) is 0 Å². The van der Waals surface area contributed by atoms with E-state index in [-0.39, 0.29) is 12.2 Å². The number of allylic oxidation sites excluding steroid dienone is 1. The summed E-state index contributed by atoms with van der Waals surface area (Å²) in [4.78, 5) is 31.6. The standard InChI is InChI=1S/C24H21BrN2O4S/c1-4-31-23(29)20-14(2)26-24-27(21(20)15-8-6-5-7-9-15)22(28)19(32-24)13-16-12-17(25)10-11-18(16)30-3/h5-13,21H,4H2,1-3H3/b19-13-. The summed E-state index contributed by atoms with van der Waals surface area (Å²) in [6.45, 7) is 3.77. The number of benzene rings is 2. The van der Waals surface area contributed by atoms with E-state index in [0.29, 0.717) is 26.4 Å². The van der Waals surface area contributed by atoms with Gasteiger partial charge in [0, 0.05) is 10.0 Å². The second kappa shape index (κ2) is 9.26. The molecule has 1 unspecified atom stereocenters. The topological polar surface area (TPSA) is 69.9 Å². The number of carbonyl (C=O) groups is 1. The van der Waals surface area contributed by atoms with Gasteiger partial charge in [-0.15, -0.1) is 0 Å². The van der Waals surface area contributed by atoms with Gasteiger partial charge in [-0.3, -0.25) is 9.36 Å². The summed E-state index contributed by atoms with van der Waals surface area (Å²) in [6, 6.07) is 14.5. The van der Waals surface area contributed by atoms with Crippen molar-refractivity contribution in [3.8, 4) is 5.75 Å². The van der Waals surface area contributed by atoms with Crippen molar-refractivity contribution in [1.29, 1.82) is 0 Å². The van der Waals surface area contributed by atoms with Crippen molar-refractivity contribution in [3.05, 3.63) is 95.1 Å². The number of nitrogens with zero attached hydrogens (tertiary/aromatic N) is 2. The molecule has 3 aromatic rings. The predicted octanol–water partition coefficient (Wildman–Crippen LogP) is 3.57. The van der Waals surface area contributed by atoms with Crippen LogP contribution in [0.25, 0.3) is 6.08 Å². The molecule has 1 aliphatic rings. The second-order valence-corrected chi connectivity index (χ2v) is 9.02. The lowest BCUT2D eigenvalue weighted by molar-refractivity contribution is -0.139.